The van der Waals surface area contributed by atoms with Crippen LogP contribution in [0, 0.1) is 5.92 Å². The molecule has 2 rings (SSSR count). The van der Waals surface area contributed by atoms with Crippen molar-refractivity contribution in [2.75, 3.05) is 13.1 Å². The topological polar surface area (TPSA) is 32.3 Å². The summed E-state index contributed by atoms with van der Waals surface area (Å²) in [7, 11) is 0. The van der Waals surface area contributed by atoms with Crippen LogP contribution >= 0.6 is 0 Å². The molecule has 3 nitrogen and oxygen atoms in total. The van der Waals surface area contributed by atoms with E-state index in [2.05, 4.69) is 36.2 Å². The van der Waals surface area contributed by atoms with Crippen LogP contribution in [0.25, 0.3) is 0 Å². The van der Waals surface area contributed by atoms with E-state index in [1.54, 1.807) is 0 Å². The summed E-state index contributed by atoms with van der Waals surface area (Å²) in [5, 5.41) is 3.12. The Morgan fingerprint density at radius 1 is 1.24 bits per heavy atom. The monoisotopic (exact) mass is 288 g/mol. The number of amides is 1. The van der Waals surface area contributed by atoms with Crippen molar-refractivity contribution in [3.05, 3.63) is 35.9 Å². The molecule has 116 valence electrons. The van der Waals surface area contributed by atoms with Crippen LogP contribution in [0.3, 0.4) is 0 Å². The molecule has 0 radical (unpaired) electrons. The zero-order valence-corrected chi connectivity index (χ0v) is 13.5. The van der Waals surface area contributed by atoms with Crippen LogP contribution in [-0.4, -0.2) is 29.9 Å². The van der Waals surface area contributed by atoms with Crippen molar-refractivity contribution in [2.45, 2.75) is 52.1 Å². The van der Waals surface area contributed by atoms with Gasteiger partial charge in [0.15, 0.2) is 0 Å². The zero-order valence-electron chi connectivity index (χ0n) is 13.5. The van der Waals surface area contributed by atoms with E-state index < -0.39 is 0 Å². The van der Waals surface area contributed by atoms with Gasteiger partial charge in [0.1, 0.15) is 0 Å². The molecule has 0 spiro atoms. The number of benzene rings is 1. The molecule has 3 heteroatoms. The van der Waals surface area contributed by atoms with Gasteiger partial charge in [-0.25, -0.2) is 0 Å². The molecule has 0 aromatic heterocycles. The van der Waals surface area contributed by atoms with Crippen molar-refractivity contribution in [3.63, 3.8) is 0 Å². The Labute approximate surface area is 128 Å². The van der Waals surface area contributed by atoms with Gasteiger partial charge in [0, 0.05) is 6.04 Å². The summed E-state index contributed by atoms with van der Waals surface area (Å²) in [4.78, 5) is 14.6. The molecule has 1 N–H and O–H groups in total. The SMILES string of the molecule is CC(C)CCN(CC(=O)NC(C)c1ccccc1)C1CC1. The minimum Gasteiger partial charge on any atom is -0.348 e. The van der Waals surface area contributed by atoms with Crippen molar-refractivity contribution in [1.29, 1.82) is 0 Å². The number of carbonyl (C=O) groups is 1. The van der Waals surface area contributed by atoms with E-state index in [1.807, 2.05) is 25.1 Å². The number of hydrogen-bond donors (Lipinski definition) is 1. The van der Waals surface area contributed by atoms with Crippen LogP contribution in [0.5, 0.6) is 0 Å². The van der Waals surface area contributed by atoms with Crippen molar-refractivity contribution in [2.24, 2.45) is 5.92 Å². The first-order valence-electron chi connectivity index (χ1n) is 8.14. The first-order valence-corrected chi connectivity index (χ1v) is 8.14. The van der Waals surface area contributed by atoms with Crippen LogP contribution in [0.1, 0.15) is 51.6 Å². The summed E-state index contributed by atoms with van der Waals surface area (Å²) in [5.74, 6) is 0.833. The standard InChI is InChI=1S/C18H28N2O/c1-14(2)11-12-20(17-9-10-17)13-18(21)19-15(3)16-7-5-4-6-8-16/h4-8,14-15,17H,9-13H2,1-3H3,(H,19,21). The Balaban J connectivity index is 1.81. The number of nitrogens with one attached hydrogen (secondary N) is 1. The maximum atomic E-state index is 12.3. The third-order valence-electron chi connectivity index (χ3n) is 4.08. The van der Waals surface area contributed by atoms with Gasteiger partial charge in [-0.15, -0.1) is 0 Å². The van der Waals surface area contributed by atoms with Gasteiger partial charge in [0.25, 0.3) is 0 Å². The van der Waals surface area contributed by atoms with Gasteiger partial charge in [0.2, 0.25) is 5.91 Å². The molecular weight excluding hydrogens is 260 g/mol. The Morgan fingerprint density at radius 3 is 2.48 bits per heavy atom. The van der Waals surface area contributed by atoms with Gasteiger partial charge >= 0.3 is 0 Å². The Kier molecular flexibility index (Phi) is 5.80. The van der Waals surface area contributed by atoms with E-state index in [-0.39, 0.29) is 11.9 Å². The molecule has 1 aliphatic rings. The van der Waals surface area contributed by atoms with E-state index >= 15 is 0 Å². The van der Waals surface area contributed by atoms with Crippen molar-refractivity contribution in [3.8, 4) is 0 Å². The Morgan fingerprint density at radius 2 is 1.90 bits per heavy atom. The predicted molar refractivity (Wildman–Crippen MR) is 87.0 cm³/mol. The van der Waals surface area contributed by atoms with Gasteiger partial charge in [-0.3, -0.25) is 9.69 Å². The summed E-state index contributed by atoms with van der Waals surface area (Å²) in [6.07, 6.45) is 3.66. The van der Waals surface area contributed by atoms with E-state index in [9.17, 15) is 4.79 Å². The minimum atomic E-state index is 0.0739. The molecular formula is C18H28N2O. The second-order valence-corrected chi connectivity index (χ2v) is 6.58. The first-order chi connectivity index (χ1) is 10.1. The van der Waals surface area contributed by atoms with Crippen molar-refractivity contribution < 1.29 is 4.79 Å². The lowest BCUT2D eigenvalue weighted by Crippen LogP contribution is -2.40. The number of rotatable bonds is 8. The highest BCUT2D eigenvalue weighted by atomic mass is 16.2. The zero-order chi connectivity index (χ0) is 15.2. The molecule has 0 saturated heterocycles. The van der Waals surface area contributed by atoms with Gasteiger partial charge in [-0.05, 0) is 44.2 Å². The molecule has 0 heterocycles. The average molecular weight is 288 g/mol. The number of carbonyl (C=O) groups excluding carboxylic acids is 1. The third kappa shape index (κ3) is 5.50. The highest BCUT2D eigenvalue weighted by Gasteiger charge is 2.30. The normalized spacial score (nSPS) is 16.2. The lowest BCUT2D eigenvalue weighted by atomic mass is 10.1. The second kappa shape index (κ2) is 7.60. The fourth-order valence-corrected chi connectivity index (χ4v) is 2.55. The van der Waals surface area contributed by atoms with Crippen molar-refractivity contribution in [1.82, 2.24) is 10.2 Å². The second-order valence-electron chi connectivity index (χ2n) is 6.58. The minimum absolute atomic E-state index is 0.0739. The van der Waals surface area contributed by atoms with Crippen LogP contribution in [0.15, 0.2) is 30.3 Å². The summed E-state index contributed by atoms with van der Waals surface area (Å²) in [6.45, 7) is 8.10. The molecule has 1 atom stereocenters. The lowest BCUT2D eigenvalue weighted by Gasteiger charge is -2.23. The molecule has 1 aromatic rings. The maximum Gasteiger partial charge on any atom is 0.234 e. The molecule has 1 saturated carbocycles. The van der Waals surface area contributed by atoms with Gasteiger partial charge in [-0.1, -0.05) is 44.2 Å². The van der Waals surface area contributed by atoms with E-state index in [0.717, 1.165) is 18.5 Å². The average Bonchev–Trinajstić information content (AvgIpc) is 3.28. The van der Waals surface area contributed by atoms with Crippen LogP contribution in [0.4, 0.5) is 0 Å². The molecule has 1 unspecified atom stereocenters. The Bertz CT molecular complexity index is 440. The number of nitrogens with zero attached hydrogens (tertiary/aromatic N) is 1. The maximum absolute atomic E-state index is 12.3. The molecule has 0 bridgehead atoms. The molecule has 0 aliphatic heterocycles. The summed E-state index contributed by atoms with van der Waals surface area (Å²) < 4.78 is 0. The smallest absolute Gasteiger partial charge is 0.234 e. The fourth-order valence-electron chi connectivity index (χ4n) is 2.55. The summed E-state index contributed by atoms with van der Waals surface area (Å²) >= 11 is 0. The van der Waals surface area contributed by atoms with Crippen LogP contribution in [-0.2, 0) is 4.79 Å². The lowest BCUT2D eigenvalue weighted by molar-refractivity contribution is -0.123. The van der Waals surface area contributed by atoms with E-state index in [4.69, 9.17) is 0 Å². The summed E-state index contributed by atoms with van der Waals surface area (Å²) in [5.41, 5.74) is 1.16. The third-order valence-corrected chi connectivity index (χ3v) is 4.08. The van der Waals surface area contributed by atoms with E-state index in [1.165, 1.54) is 12.8 Å². The van der Waals surface area contributed by atoms with Crippen LogP contribution < -0.4 is 5.32 Å². The van der Waals surface area contributed by atoms with Gasteiger partial charge in [-0.2, -0.15) is 0 Å². The molecule has 1 fully saturated rings. The number of hydrogen-bond acceptors (Lipinski definition) is 2. The predicted octanol–water partition coefficient (Wildman–Crippen LogP) is 3.37. The largest absolute Gasteiger partial charge is 0.348 e. The highest BCUT2D eigenvalue weighted by Crippen LogP contribution is 2.27. The molecule has 1 aliphatic carbocycles. The van der Waals surface area contributed by atoms with Crippen LogP contribution in [0.2, 0.25) is 0 Å². The molecule has 21 heavy (non-hydrogen) atoms. The van der Waals surface area contributed by atoms with E-state index in [0.29, 0.717) is 18.5 Å². The fraction of sp³-hybridized carbons (Fsp3) is 0.611. The van der Waals surface area contributed by atoms with Gasteiger partial charge < -0.3 is 5.32 Å². The van der Waals surface area contributed by atoms with Gasteiger partial charge in [0.05, 0.1) is 12.6 Å². The quantitative estimate of drug-likeness (QED) is 0.795. The first kappa shape index (κ1) is 16.0. The molecule has 1 aromatic carbocycles. The molecule has 1 amide bonds. The van der Waals surface area contributed by atoms with Crippen molar-refractivity contribution >= 4 is 5.91 Å². The highest BCUT2D eigenvalue weighted by molar-refractivity contribution is 5.78. The summed E-state index contributed by atoms with van der Waals surface area (Å²) in [6, 6.07) is 10.9. The Hall–Kier alpha value is -1.35.